The van der Waals surface area contributed by atoms with Crippen LogP contribution in [0.5, 0.6) is 0 Å². The third kappa shape index (κ3) is 11.9. The van der Waals surface area contributed by atoms with Crippen LogP contribution in [0, 0.1) is 0 Å². The molecule has 0 aliphatic rings. The summed E-state index contributed by atoms with van der Waals surface area (Å²) in [6.45, 7) is 1.06. The maximum Gasteiger partial charge on any atom is 0.171 e. The Labute approximate surface area is 146 Å². The summed E-state index contributed by atoms with van der Waals surface area (Å²) >= 11 is 0. The minimum Gasteiger partial charge on any atom is -1.00 e. The summed E-state index contributed by atoms with van der Waals surface area (Å²) in [5, 5.41) is 0. The number of aldehydes is 2. The van der Waals surface area contributed by atoms with Gasteiger partial charge in [-0.25, -0.2) is 4.57 Å². The van der Waals surface area contributed by atoms with Gasteiger partial charge in [0.15, 0.2) is 12.4 Å². The fraction of sp³-hybridized carbons (Fsp3) is 0.632. The molecule has 0 spiro atoms. The molecule has 0 saturated heterocycles. The van der Waals surface area contributed by atoms with E-state index in [1.165, 1.54) is 31.2 Å². The Kier molecular flexibility index (Phi) is 14.8. The second-order valence-electron chi connectivity index (χ2n) is 5.94. The number of halogens is 1. The summed E-state index contributed by atoms with van der Waals surface area (Å²) in [5.41, 5.74) is 1.40. The molecule has 3 nitrogen and oxygen atoms in total. The number of rotatable bonds is 14. The number of carbonyl (C=O) groups excluding carboxylic acids is 2. The van der Waals surface area contributed by atoms with Crippen LogP contribution >= 0.6 is 0 Å². The second kappa shape index (κ2) is 15.7. The number of nitrogens with zero attached hydrogens (tertiary/aromatic N) is 1. The van der Waals surface area contributed by atoms with E-state index < -0.39 is 0 Å². The Hall–Kier alpha value is -1.22. The molecule has 1 aromatic rings. The first-order valence-electron chi connectivity index (χ1n) is 8.72. The number of pyridine rings is 1. The van der Waals surface area contributed by atoms with Gasteiger partial charge in [0.1, 0.15) is 19.1 Å². The Morgan fingerprint density at radius 2 is 1.43 bits per heavy atom. The van der Waals surface area contributed by atoms with Crippen molar-refractivity contribution < 1.29 is 26.6 Å². The molecule has 0 N–H and O–H groups in total. The van der Waals surface area contributed by atoms with Gasteiger partial charge < -0.3 is 22.0 Å². The summed E-state index contributed by atoms with van der Waals surface area (Å²) in [7, 11) is 0. The molecule has 0 saturated carbocycles. The molecule has 0 radical (unpaired) electrons. The third-order valence-corrected chi connectivity index (χ3v) is 3.95. The molecule has 0 bridgehead atoms. The predicted octanol–water partition coefficient (Wildman–Crippen LogP) is 0.819. The highest BCUT2D eigenvalue weighted by Gasteiger charge is 2.03. The van der Waals surface area contributed by atoms with Gasteiger partial charge in [-0.2, -0.15) is 0 Å². The van der Waals surface area contributed by atoms with Gasteiger partial charge in [-0.15, -0.1) is 0 Å². The maximum atomic E-state index is 10.2. The molecule has 23 heavy (non-hydrogen) atoms. The lowest BCUT2D eigenvalue weighted by Gasteiger charge is -2.02. The Morgan fingerprint density at radius 1 is 0.826 bits per heavy atom. The molecule has 0 atom stereocenters. The Bertz CT molecular complexity index is 388. The fourth-order valence-electron chi connectivity index (χ4n) is 2.65. The SMILES string of the molecule is O=CCCCCCCc1ccc[n+](CCCCCCC=O)c1.[Cl-]. The highest BCUT2D eigenvalue weighted by molar-refractivity contribution is 5.49. The number of aryl methyl sites for hydroxylation is 2. The van der Waals surface area contributed by atoms with Gasteiger partial charge in [-0.05, 0) is 38.2 Å². The van der Waals surface area contributed by atoms with Gasteiger partial charge >= 0.3 is 0 Å². The number of carbonyl (C=O) groups is 2. The second-order valence-corrected chi connectivity index (χ2v) is 5.94. The average Bonchev–Trinajstić information content (AvgIpc) is 2.54. The van der Waals surface area contributed by atoms with Crippen molar-refractivity contribution in [2.75, 3.05) is 0 Å². The van der Waals surface area contributed by atoms with E-state index in [-0.39, 0.29) is 12.4 Å². The minimum absolute atomic E-state index is 0. The zero-order valence-electron chi connectivity index (χ0n) is 14.1. The van der Waals surface area contributed by atoms with Crippen molar-refractivity contribution in [1.29, 1.82) is 0 Å². The Morgan fingerprint density at radius 3 is 2.09 bits per heavy atom. The van der Waals surface area contributed by atoms with Gasteiger partial charge in [0, 0.05) is 30.9 Å². The molecule has 1 heterocycles. The molecule has 0 fully saturated rings. The molecule has 0 aliphatic carbocycles. The topological polar surface area (TPSA) is 38.0 Å². The van der Waals surface area contributed by atoms with Gasteiger partial charge in [0.2, 0.25) is 0 Å². The van der Waals surface area contributed by atoms with Crippen molar-refractivity contribution in [1.82, 2.24) is 0 Å². The van der Waals surface area contributed by atoms with Gasteiger partial charge in [0.25, 0.3) is 0 Å². The number of hydrogen-bond acceptors (Lipinski definition) is 2. The van der Waals surface area contributed by atoms with Crippen LogP contribution in [0.15, 0.2) is 24.5 Å². The van der Waals surface area contributed by atoms with Crippen molar-refractivity contribution in [3.63, 3.8) is 0 Å². The Balaban J connectivity index is 0.00000484. The number of hydrogen-bond donors (Lipinski definition) is 0. The lowest BCUT2D eigenvalue weighted by Crippen LogP contribution is -3.00. The van der Waals surface area contributed by atoms with Crippen molar-refractivity contribution in [2.45, 2.75) is 77.2 Å². The zero-order valence-corrected chi connectivity index (χ0v) is 14.8. The summed E-state index contributed by atoms with van der Waals surface area (Å²) < 4.78 is 2.28. The van der Waals surface area contributed by atoms with Crippen LogP contribution in [0.4, 0.5) is 0 Å². The molecular weight excluding hydrogens is 310 g/mol. The average molecular weight is 340 g/mol. The van der Waals surface area contributed by atoms with Gasteiger partial charge in [0.05, 0.1) is 0 Å². The van der Waals surface area contributed by atoms with E-state index in [0.717, 1.165) is 51.2 Å². The zero-order chi connectivity index (χ0) is 15.9. The largest absolute Gasteiger partial charge is 1.00 e. The van der Waals surface area contributed by atoms with Crippen LogP contribution in [-0.4, -0.2) is 12.6 Å². The van der Waals surface area contributed by atoms with E-state index in [2.05, 4.69) is 29.1 Å². The maximum absolute atomic E-state index is 10.2. The molecular formula is C19H30ClNO2. The first kappa shape index (κ1) is 21.8. The lowest BCUT2D eigenvalue weighted by atomic mass is 10.1. The summed E-state index contributed by atoms with van der Waals surface area (Å²) in [4.78, 5) is 20.5. The van der Waals surface area contributed by atoms with E-state index in [4.69, 9.17) is 0 Å². The highest BCUT2D eigenvalue weighted by Crippen LogP contribution is 2.07. The summed E-state index contributed by atoms with van der Waals surface area (Å²) in [6.07, 6.45) is 18.1. The minimum atomic E-state index is 0. The van der Waals surface area contributed by atoms with Crippen molar-refractivity contribution >= 4 is 12.6 Å². The first-order chi connectivity index (χ1) is 10.9. The van der Waals surface area contributed by atoms with Crippen LogP contribution in [0.3, 0.4) is 0 Å². The molecule has 0 aliphatic heterocycles. The third-order valence-electron chi connectivity index (χ3n) is 3.95. The van der Waals surface area contributed by atoms with E-state index in [9.17, 15) is 9.59 Å². The summed E-state index contributed by atoms with van der Waals surface area (Å²) in [6, 6.07) is 4.33. The van der Waals surface area contributed by atoms with Crippen molar-refractivity contribution in [2.24, 2.45) is 0 Å². The van der Waals surface area contributed by atoms with E-state index in [0.29, 0.717) is 12.8 Å². The molecule has 130 valence electrons. The van der Waals surface area contributed by atoms with Crippen molar-refractivity contribution in [3.8, 4) is 0 Å². The van der Waals surface area contributed by atoms with Crippen LogP contribution in [-0.2, 0) is 22.6 Å². The first-order valence-corrected chi connectivity index (χ1v) is 8.72. The molecule has 1 aromatic heterocycles. The number of unbranched alkanes of at least 4 members (excludes halogenated alkanes) is 8. The number of aromatic nitrogens is 1. The molecule has 4 heteroatoms. The van der Waals surface area contributed by atoms with Crippen LogP contribution in [0.1, 0.15) is 69.8 Å². The van der Waals surface area contributed by atoms with E-state index >= 15 is 0 Å². The highest BCUT2D eigenvalue weighted by atomic mass is 35.5. The normalized spacial score (nSPS) is 10.1. The summed E-state index contributed by atoms with van der Waals surface area (Å²) in [5.74, 6) is 0. The standard InChI is InChI=1S/C19H30NO2.ClH/c21-16-9-5-1-3-7-12-19-13-11-15-20(18-19)14-8-4-2-6-10-17-22;/h11,13,15-18H,1-10,12,14H2;1H/q+1;/p-1. The quantitative estimate of drug-likeness (QED) is 0.286. The van der Waals surface area contributed by atoms with Crippen LogP contribution in [0.25, 0.3) is 0 Å². The van der Waals surface area contributed by atoms with Gasteiger partial charge in [-0.1, -0.05) is 19.3 Å². The van der Waals surface area contributed by atoms with E-state index in [1.807, 2.05) is 0 Å². The van der Waals surface area contributed by atoms with Crippen LogP contribution < -0.4 is 17.0 Å². The molecule has 0 aromatic carbocycles. The van der Waals surface area contributed by atoms with Gasteiger partial charge in [-0.3, -0.25) is 0 Å². The van der Waals surface area contributed by atoms with Crippen LogP contribution in [0.2, 0.25) is 0 Å². The monoisotopic (exact) mass is 339 g/mol. The molecule has 1 rings (SSSR count). The van der Waals surface area contributed by atoms with Crippen molar-refractivity contribution in [3.05, 3.63) is 30.1 Å². The molecule has 0 amide bonds. The smallest absolute Gasteiger partial charge is 0.171 e. The fourth-order valence-corrected chi connectivity index (χ4v) is 2.65. The lowest BCUT2D eigenvalue weighted by molar-refractivity contribution is -0.697. The van der Waals surface area contributed by atoms with E-state index in [1.54, 1.807) is 0 Å². The molecule has 0 unspecified atom stereocenters. The predicted molar refractivity (Wildman–Crippen MR) is 88.6 cm³/mol.